The predicted octanol–water partition coefficient (Wildman–Crippen LogP) is 0.976. The van der Waals surface area contributed by atoms with Gasteiger partial charge in [-0.15, -0.1) is 0 Å². The van der Waals surface area contributed by atoms with Gasteiger partial charge in [0, 0.05) is 6.61 Å². The summed E-state index contributed by atoms with van der Waals surface area (Å²) in [5.74, 6) is -0.212. The number of carbonyl (C=O) groups is 1. The van der Waals surface area contributed by atoms with Crippen LogP contribution < -0.4 is 0 Å². The van der Waals surface area contributed by atoms with Gasteiger partial charge < -0.3 is 9.47 Å². The van der Waals surface area contributed by atoms with Crippen LogP contribution in [0.5, 0.6) is 0 Å². The zero-order valence-corrected chi connectivity index (χ0v) is 6.55. The van der Waals surface area contributed by atoms with Crippen LogP contribution in [-0.2, 0) is 14.3 Å². The molecular formula is C7H14O3. The van der Waals surface area contributed by atoms with Gasteiger partial charge in [-0.2, -0.15) is 0 Å². The Labute approximate surface area is 61.3 Å². The number of ether oxygens (including phenoxy) is 2. The highest BCUT2D eigenvalue weighted by molar-refractivity contribution is 5.69. The highest BCUT2D eigenvalue weighted by Gasteiger charge is 1.97. The van der Waals surface area contributed by atoms with Gasteiger partial charge in [0.25, 0.3) is 0 Å². The molecule has 0 saturated heterocycles. The van der Waals surface area contributed by atoms with Gasteiger partial charge in [0.15, 0.2) is 0 Å². The topological polar surface area (TPSA) is 35.5 Å². The van der Waals surface area contributed by atoms with Crippen molar-refractivity contribution in [2.75, 3.05) is 20.3 Å². The number of rotatable bonds is 5. The fraction of sp³-hybridized carbons (Fsp3) is 0.857. The van der Waals surface area contributed by atoms with E-state index in [4.69, 9.17) is 4.74 Å². The minimum Gasteiger partial charge on any atom is -0.469 e. The van der Waals surface area contributed by atoms with Crippen LogP contribution in [0, 0.1) is 0 Å². The van der Waals surface area contributed by atoms with Crippen LogP contribution in [0.15, 0.2) is 0 Å². The summed E-state index contributed by atoms with van der Waals surface area (Å²) in [6.07, 6.45) is 1.34. The van der Waals surface area contributed by atoms with E-state index in [1.54, 1.807) is 0 Å². The van der Waals surface area contributed by atoms with Crippen molar-refractivity contribution in [2.24, 2.45) is 0 Å². The predicted molar refractivity (Wildman–Crippen MR) is 37.7 cm³/mol. The number of methoxy groups -OCH3 is 1. The largest absolute Gasteiger partial charge is 0.469 e. The molecule has 0 N–H and O–H groups in total. The Morgan fingerprint density at radius 1 is 1.40 bits per heavy atom. The Balaban J connectivity index is 2.96. The van der Waals surface area contributed by atoms with E-state index < -0.39 is 0 Å². The van der Waals surface area contributed by atoms with Crippen LogP contribution in [0.2, 0.25) is 0 Å². The summed E-state index contributed by atoms with van der Waals surface area (Å²) in [6.45, 7) is 3.22. The third kappa shape index (κ3) is 5.56. The van der Waals surface area contributed by atoms with Gasteiger partial charge in [-0.1, -0.05) is 6.92 Å². The Morgan fingerprint density at radius 2 is 2.10 bits per heavy atom. The normalized spacial score (nSPS) is 9.40. The molecule has 0 aromatic rings. The van der Waals surface area contributed by atoms with E-state index in [0.717, 1.165) is 13.0 Å². The van der Waals surface area contributed by atoms with E-state index in [1.165, 1.54) is 7.11 Å². The fourth-order valence-electron chi connectivity index (χ4n) is 0.504. The summed E-state index contributed by atoms with van der Waals surface area (Å²) in [7, 11) is 1.38. The van der Waals surface area contributed by atoms with Gasteiger partial charge in [0.05, 0.1) is 20.1 Å². The maximum Gasteiger partial charge on any atom is 0.307 e. The van der Waals surface area contributed by atoms with Crippen LogP contribution in [0.3, 0.4) is 0 Å². The van der Waals surface area contributed by atoms with Gasteiger partial charge in [-0.25, -0.2) is 0 Å². The lowest BCUT2D eigenvalue weighted by atomic mass is 10.4. The Hall–Kier alpha value is -0.570. The molecule has 10 heavy (non-hydrogen) atoms. The molecule has 0 unspecified atom stereocenters. The van der Waals surface area contributed by atoms with Crippen molar-refractivity contribution in [2.45, 2.75) is 19.8 Å². The van der Waals surface area contributed by atoms with E-state index >= 15 is 0 Å². The number of esters is 1. The average molecular weight is 146 g/mol. The Morgan fingerprint density at radius 3 is 2.60 bits per heavy atom. The van der Waals surface area contributed by atoms with Crippen LogP contribution in [0.4, 0.5) is 0 Å². The van der Waals surface area contributed by atoms with E-state index in [9.17, 15) is 4.79 Å². The smallest absolute Gasteiger partial charge is 0.307 e. The van der Waals surface area contributed by atoms with E-state index in [2.05, 4.69) is 4.74 Å². The number of hydrogen-bond acceptors (Lipinski definition) is 3. The molecule has 3 nitrogen and oxygen atoms in total. The highest BCUT2D eigenvalue weighted by Crippen LogP contribution is 1.87. The standard InChI is InChI=1S/C7H14O3/c1-3-5-10-6-4-7(8)9-2/h3-6H2,1-2H3. The molecule has 0 bridgehead atoms. The molecular weight excluding hydrogens is 132 g/mol. The second-order valence-electron chi connectivity index (χ2n) is 1.94. The molecule has 0 amide bonds. The average Bonchev–Trinajstić information content (AvgIpc) is 1.98. The molecule has 0 heterocycles. The third-order valence-corrected chi connectivity index (χ3v) is 1.03. The lowest BCUT2D eigenvalue weighted by Crippen LogP contribution is -2.05. The maximum atomic E-state index is 10.5. The zero-order valence-electron chi connectivity index (χ0n) is 6.55. The molecule has 0 spiro atoms. The minimum atomic E-state index is -0.212. The molecule has 60 valence electrons. The van der Waals surface area contributed by atoms with Crippen molar-refractivity contribution in [1.82, 2.24) is 0 Å². The van der Waals surface area contributed by atoms with E-state index in [0.29, 0.717) is 13.0 Å². The Kier molecular flexibility index (Phi) is 6.18. The molecule has 0 radical (unpaired) electrons. The molecule has 0 aromatic carbocycles. The minimum absolute atomic E-state index is 0.212. The molecule has 0 rings (SSSR count). The van der Waals surface area contributed by atoms with Crippen LogP contribution in [0.25, 0.3) is 0 Å². The summed E-state index contributed by atoms with van der Waals surface area (Å²) >= 11 is 0. The quantitative estimate of drug-likeness (QED) is 0.428. The first kappa shape index (κ1) is 9.43. The van der Waals surface area contributed by atoms with Gasteiger partial charge in [-0.3, -0.25) is 4.79 Å². The molecule has 3 heteroatoms. The monoisotopic (exact) mass is 146 g/mol. The second-order valence-corrected chi connectivity index (χ2v) is 1.94. The van der Waals surface area contributed by atoms with Gasteiger partial charge >= 0.3 is 5.97 Å². The summed E-state index contributed by atoms with van der Waals surface area (Å²) in [5, 5.41) is 0. The molecule has 0 fully saturated rings. The van der Waals surface area contributed by atoms with Crippen molar-refractivity contribution >= 4 is 5.97 Å². The first-order chi connectivity index (χ1) is 4.81. The summed E-state index contributed by atoms with van der Waals surface area (Å²) in [6, 6.07) is 0. The van der Waals surface area contributed by atoms with Crippen molar-refractivity contribution in [1.29, 1.82) is 0 Å². The van der Waals surface area contributed by atoms with Crippen molar-refractivity contribution in [3.63, 3.8) is 0 Å². The molecule has 0 aromatic heterocycles. The SMILES string of the molecule is CCCOCCC(=O)OC. The summed E-state index contributed by atoms with van der Waals surface area (Å²) < 4.78 is 9.47. The van der Waals surface area contributed by atoms with Crippen molar-refractivity contribution in [3.8, 4) is 0 Å². The maximum absolute atomic E-state index is 10.5. The molecule has 0 aliphatic rings. The molecule has 0 aliphatic heterocycles. The molecule has 0 aliphatic carbocycles. The zero-order chi connectivity index (χ0) is 7.82. The van der Waals surface area contributed by atoms with Gasteiger partial charge in [-0.05, 0) is 6.42 Å². The van der Waals surface area contributed by atoms with Gasteiger partial charge in [0.2, 0.25) is 0 Å². The number of hydrogen-bond donors (Lipinski definition) is 0. The lowest BCUT2D eigenvalue weighted by molar-refractivity contribution is -0.141. The molecule has 0 saturated carbocycles. The fourth-order valence-corrected chi connectivity index (χ4v) is 0.504. The first-order valence-corrected chi connectivity index (χ1v) is 3.45. The second kappa shape index (κ2) is 6.55. The van der Waals surface area contributed by atoms with Crippen LogP contribution >= 0.6 is 0 Å². The Bertz CT molecular complexity index is 90.9. The van der Waals surface area contributed by atoms with E-state index in [1.807, 2.05) is 6.92 Å². The van der Waals surface area contributed by atoms with E-state index in [-0.39, 0.29) is 5.97 Å². The summed E-state index contributed by atoms with van der Waals surface area (Å²) in [4.78, 5) is 10.5. The van der Waals surface area contributed by atoms with Crippen molar-refractivity contribution < 1.29 is 14.3 Å². The molecule has 0 atom stereocenters. The number of carbonyl (C=O) groups excluding carboxylic acids is 1. The van der Waals surface area contributed by atoms with Crippen LogP contribution in [0.1, 0.15) is 19.8 Å². The lowest BCUT2D eigenvalue weighted by Gasteiger charge is -1.99. The first-order valence-electron chi connectivity index (χ1n) is 3.45. The summed E-state index contributed by atoms with van der Waals surface area (Å²) in [5.41, 5.74) is 0. The van der Waals surface area contributed by atoms with Crippen molar-refractivity contribution in [3.05, 3.63) is 0 Å². The van der Waals surface area contributed by atoms with Gasteiger partial charge in [0.1, 0.15) is 0 Å². The highest BCUT2D eigenvalue weighted by atomic mass is 16.5. The third-order valence-electron chi connectivity index (χ3n) is 1.03. The van der Waals surface area contributed by atoms with Crippen LogP contribution in [-0.4, -0.2) is 26.3 Å².